The van der Waals surface area contributed by atoms with Crippen LogP contribution in [0.4, 0.5) is 0 Å². The molecule has 0 unspecified atom stereocenters. The Morgan fingerprint density at radius 3 is 2.86 bits per heavy atom. The first-order chi connectivity index (χ1) is 10.3. The SMILES string of the molecule is CN=C(NCc1cn2ccsc2n1)NCc1sccc1C. The number of aryl methyl sites for hydroxylation is 1. The third-order valence-corrected chi connectivity index (χ3v) is 4.98. The molecule has 0 fully saturated rings. The fourth-order valence-electron chi connectivity index (χ4n) is 2.01. The number of nitrogens with zero attached hydrogens (tertiary/aromatic N) is 3. The molecule has 0 saturated carbocycles. The largest absolute Gasteiger partial charge is 0.352 e. The van der Waals surface area contributed by atoms with Gasteiger partial charge in [0.2, 0.25) is 0 Å². The zero-order chi connectivity index (χ0) is 14.7. The fourth-order valence-corrected chi connectivity index (χ4v) is 3.57. The number of aromatic nitrogens is 2. The van der Waals surface area contributed by atoms with Crippen LogP contribution in [0, 0.1) is 6.92 Å². The van der Waals surface area contributed by atoms with Crippen LogP contribution in [0.2, 0.25) is 0 Å². The first kappa shape index (κ1) is 14.1. The molecule has 3 aromatic rings. The lowest BCUT2D eigenvalue weighted by Crippen LogP contribution is -2.36. The van der Waals surface area contributed by atoms with E-state index in [1.807, 2.05) is 22.2 Å². The molecule has 0 aliphatic carbocycles. The Kier molecular flexibility index (Phi) is 4.21. The van der Waals surface area contributed by atoms with Gasteiger partial charge in [-0.15, -0.1) is 22.7 Å². The Morgan fingerprint density at radius 2 is 2.14 bits per heavy atom. The first-order valence-corrected chi connectivity index (χ1v) is 8.41. The van der Waals surface area contributed by atoms with Crippen molar-refractivity contribution < 1.29 is 0 Å². The molecule has 3 rings (SSSR count). The maximum Gasteiger partial charge on any atom is 0.193 e. The van der Waals surface area contributed by atoms with Crippen molar-refractivity contribution in [3.63, 3.8) is 0 Å². The van der Waals surface area contributed by atoms with Crippen LogP contribution in [0.1, 0.15) is 16.1 Å². The molecule has 0 amide bonds. The standard InChI is InChI=1S/C14H17N5S2/c1-10-3-5-20-12(10)8-17-13(15-2)16-7-11-9-19-4-6-21-14(19)18-11/h3-6,9H,7-8H2,1-2H3,(H2,15,16,17). The third kappa shape index (κ3) is 3.25. The van der Waals surface area contributed by atoms with Crippen molar-refractivity contribution in [1.29, 1.82) is 0 Å². The van der Waals surface area contributed by atoms with Crippen LogP contribution in [0.3, 0.4) is 0 Å². The zero-order valence-corrected chi connectivity index (χ0v) is 13.6. The van der Waals surface area contributed by atoms with Crippen molar-refractivity contribution in [2.45, 2.75) is 20.0 Å². The molecule has 0 atom stereocenters. The smallest absolute Gasteiger partial charge is 0.193 e. The summed E-state index contributed by atoms with van der Waals surface area (Å²) >= 11 is 3.40. The van der Waals surface area contributed by atoms with E-state index in [0.29, 0.717) is 6.54 Å². The second kappa shape index (κ2) is 6.28. The number of thiazole rings is 1. The normalized spacial score (nSPS) is 12.0. The molecule has 0 saturated heterocycles. The van der Waals surface area contributed by atoms with Gasteiger partial charge in [-0.2, -0.15) is 0 Å². The van der Waals surface area contributed by atoms with Crippen molar-refractivity contribution >= 4 is 33.6 Å². The molecule has 3 heterocycles. The first-order valence-electron chi connectivity index (χ1n) is 6.65. The Bertz CT molecular complexity index is 724. The van der Waals surface area contributed by atoms with Gasteiger partial charge in [-0.05, 0) is 23.9 Å². The van der Waals surface area contributed by atoms with Crippen molar-refractivity contribution in [2.24, 2.45) is 4.99 Å². The molecule has 21 heavy (non-hydrogen) atoms. The minimum Gasteiger partial charge on any atom is -0.352 e. The summed E-state index contributed by atoms with van der Waals surface area (Å²) in [5.74, 6) is 0.791. The highest BCUT2D eigenvalue weighted by Gasteiger charge is 2.05. The quantitative estimate of drug-likeness (QED) is 0.574. The molecule has 0 bridgehead atoms. The summed E-state index contributed by atoms with van der Waals surface area (Å²) < 4.78 is 2.03. The average Bonchev–Trinajstić information content (AvgIpc) is 3.15. The molecule has 0 aliphatic heterocycles. The van der Waals surface area contributed by atoms with E-state index in [2.05, 4.69) is 39.0 Å². The van der Waals surface area contributed by atoms with Crippen molar-refractivity contribution in [3.8, 4) is 0 Å². The fraction of sp³-hybridized carbons (Fsp3) is 0.286. The molecule has 5 nitrogen and oxygen atoms in total. The predicted molar refractivity (Wildman–Crippen MR) is 89.2 cm³/mol. The Morgan fingerprint density at radius 1 is 1.29 bits per heavy atom. The maximum absolute atomic E-state index is 4.54. The van der Waals surface area contributed by atoms with E-state index >= 15 is 0 Å². The number of imidazole rings is 1. The molecular weight excluding hydrogens is 302 g/mol. The monoisotopic (exact) mass is 319 g/mol. The van der Waals surface area contributed by atoms with Gasteiger partial charge in [-0.25, -0.2) is 4.98 Å². The van der Waals surface area contributed by atoms with E-state index in [1.54, 1.807) is 29.7 Å². The Hall–Kier alpha value is -1.86. The van der Waals surface area contributed by atoms with Gasteiger partial charge in [-0.3, -0.25) is 9.39 Å². The summed E-state index contributed by atoms with van der Waals surface area (Å²) in [5.41, 5.74) is 2.33. The number of hydrogen-bond acceptors (Lipinski definition) is 4. The van der Waals surface area contributed by atoms with Crippen LogP contribution >= 0.6 is 22.7 Å². The lowest BCUT2D eigenvalue weighted by atomic mass is 10.3. The number of guanidine groups is 1. The molecule has 0 aliphatic rings. The topological polar surface area (TPSA) is 53.7 Å². The van der Waals surface area contributed by atoms with E-state index in [4.69, 9.17) is 0 Å². The summed E-state index contributed by atoms with van der Waals surface area (Å²) in [6.45, 7) is 3.58. The summed E-state index contributed by atoms with van der Waals surface area (Å²) in [4.78, 5) is 11.1. The summed E-state index contributed by atoms with van der Waals surface area (Å²) in [6, 6.07) is 2.13. The molecule has 0 spiro atoms. The highest BCUT2D eigenvalue weighted by Crippen LogP contribution is 2.14. The molecule has 2 N–H and O–H groups in total. The van der Waals surface area contributed by atoms with Gasteiger partial charge >= 0.3 is 0 Å². The Balaban J connectivity index is 1.55. The number of hydrogen-bond donors (Lipinski definition) is 2. The van der Waals surface area contributed by atoms with Crippen molar-refractivity contribution in [1.82, 2.24) is 20.0 Å². The van der Waals surface area contributed by atoms with E-state index in [0.717, 1.165) is 23.2 Å². The second-order valence-electron chi connectivity index (χ2n) is 4.63. The molecule has 0 aromatic carbocycles. The summed E-state index contributed by atoms with van der Waals surface area (Å²) in [7, 11) is 1.78. The minimum absolute atomic E-state index is 0.664. The highest BCUT2D eigenvalue weighted by atomic mass is 32.1. The Labute approximate surface area is 131 Å². The number of aliphatic imine (C=N–C) groups is 1. The van der Waals surface area contributed by atoms with Crippen molar-refractivity contribution in [3.05, 3.63) is 45.4 Å². The van der Waals surface area contributed by atoms with Crippen LogP contribution in [0.15, 0.2) is 34.2 Å². The van der Waals surface area contributed by atoms with Crippen LogP contribution in [0.25, 0.3) is 4.96 Å². The van der Waals surface area contributed by atoms with Gasteiger partial charge < -0.3 is 10.6 Å². The number of fused-ring (bicyclic) bond motifs is 1. The highest BCUT2D eigenvalue weighted by molar-refractivity contribution is 7.15. The summed E-state index contributed by atoms with van der Waals surface area (Å²) in [6.07, 6.45) is 4.05. The predicted octanol–water partition coefficient (Wildman–Crippen LogP) is 2.63. The maximum atomic E-state index is 4.54. The van der Waals surface area contributed by atoms with E-state index in [1.165, 1.54) is 10.4 Å². The number of nitrogens with one attached hydrogen (secondary N) is 2. The number of thiophene rings is 1. The van der Waals surface area contributed by atoms with Crippen molar-refractivity contribution in [2.75, 3.05) is 7.05 Å². The van der Waals surface area contributed by atoms with Gasteiger partial charge in [0, 0.05) is 29.7 Å². The van der Waals surface area contributed by atoms with Gasteiger partial charge in [0.1, 0.15) is 0 Å². The molecule has 3 aromatic heterocycles. The summed E-state index contributed by atoms with van der Waals surface area (Å²) in [5, 5.41) is 10.8. The van der Waals surface area contributed by atoms with E-state index in [-0.39, 0.29) is 0 Å². The van der Waals surface area contributed by atoms with E-state index in [9.17, 15) is 0 Å². The van der Waals surface area contributed by atoms with Gasteiger partial charge in [-0.1, -0.05) is 0 Å². The number of rotatable bonds is 4. The lowest BCUT2D eigenvalue weighted by molar-refractivity contribution is 0.802. The zero-order valence-electron chi connectivity index (χ0n) is 12.0. The molecule has 0 radical (unpaired) electrons. The second-order valence-corrected chi connectivity index (χ2v) is 6.50. The van der Waals surface area contributed by atoms with Crippen LogP contribution in [-0.2, 0) is 13.1 Å². The molecular formula is C14H17N5S2. The third-order valence-electron chi connectivity index (χ3n) is 3.19. The average molecular weight is 319 g/mol. The van der Waals surface area contributed by atoms with Gasteiger partial charge in [0.25, 0.3) is 0 Å². The van der Waals surface area contributed by atoms with Crippen LogP contribution < -0.4 is 10.6 Å². The minimum atomic E-state index is 0.664. The lowest BCUT2D eigenvalue weighted by Gasteiger charge is -2.10. The molecule has 110 valence electrons. The van der Waals surface area contributed by atoms with Gasteiger partial charge in [0.05, 0.1) is 18.8 Å². The van der Waals surface area contributed by atoms with E-state index < -0.39 is 0 Å². The van der Waals surface area contributed by atoms with Gasteiger partial charge in [0.15, 0.2) is 10.9 Å². The molecule has 7 heteroatoms. The van der Waals surface area contributed by atoms with Crippen LogP contribution in [0.5, 0.6) is 0 Å². The van der Waals surface area contributed by atoms with Crippen LogP contribution in [-0.4, -0.2) is 22.4 Å².